The van der Waals surface area contributed by atoms with Gasteiger partial charge in [-0.05, 0) is 12.8 Å². The van der Waals surface area contributed by atoms with Crippen LogP contribution in [0.3, 0.4) is 0 Å². The third-order valence-corrected chi connectivity index (χ3v) is 7.44. The molecule has 5 N–H and O–H groups in total. The second-order valence-corrected chi connectivity index (χ2v) is 9.34. The lowest BCUT2D eigenvalue weighted by Gasteiger charge is -2.50. The number of fused-ring (bicyclic) bond motifs is 1. The van der Waals surface area contributed by atoms with E-state index in [2.05, 4.69) is 24.8 Å². The molecule has 3 unspecified atom stereocenters. The number of nitrogens with zero attached hydrogens (tertiary/aromatic N) is 5. The van der Waals surface area contributed by atoms with Crippen molar-refractivity contribution in [2.45, 2.75) is 30.3 Å². The first-order chi connectivity index (χ1) is 14.4. The van der Waals surface area contributed by atoms with Gasteiger partial charge >= 0.3 is 5.97 Å². The summed E-state index contributed by atoms with van der Waals surface area (Å²) in [5.41, 5.74) is 6.66. The number of carbonyl (C=O) groups excluding carboxylic acids is 2. The van der Waals surface area contributed by atoms with Crippen LogP contribution >= 0.6 is 35.1 Å². The van der Waals surface area contributed by atoms with E-state index in [1.807, 2.05) is 0 Å². The molecule has 1 aromatic heterocycles. The molecule has 3 atom stereocenters. The molecule has 30 heavy (non-hydrogen) atoms. The number of nitrogen functional groups attached to an aromatic ring is 1. The van der Waals surface area contributed by atoms with E-state index in [0.29, 0.717) is 17.7 Å². The van der Waals surface area contributed by atoms with Gasteiger partial charge in [0.05, 0.1) is 11.6 Å². The molecule has 1 fully saturated rings. The maximum atomic E-state index is 12.7. The second kappa shape index (κ2) is 8.23. The van der Waals surface area contributed by atoms with Gasteiger partial charge in [-0.2, -0.15) is 9.36 Å². The minimum absolute atomic E-state index is 0.0659. The van der Waals surface area contributed by atoms with Gasteiger partial charge < -0.3 is 21.4 Å². The maximum Gasteiger partial charge on any atom is 0.353 e. The van der Waals surface area contributed by atoms with Crippen LogP contribution in [-0.2, 0) is 14.4 Å². The average Bonchev–Trinajstić information content (AvgIpc) is 3.38. The summed E-state index contributed by atoms with van der Waals surface area (Å²) in [4.78, 5) is 46.9. The van der Waals surface area contributed by atoms with E-state index in [-0.39, 0.29) is 22.0 Å². The SMILES string of the molecule is Nc1nc(/C(=N/O)C(=O)NC2C(=O)N3C(C(=O)O)=C(SC4CSC=N4)CCC23)ns1. The van der Waals surface area contributed by atoms with Crippen LogP contribution in [0, 0.1) is 0 Å². The highest BCUT2D eigenvalue weighted by Gasteiger charge is 2.54. The van der Waals surface area contributed by atoms with Gasteiger partial charge in [0, 0.05) is 22.2 Å². The van der Waals surface area contributed by atoms with Gasteiger partial charge in [0.15, 0.2) is 5.13 Å². The molecule has 0 aliphatic carbocycles. The zero-order chi connectivity index (χ0) is 21.4. The number of carboxylic acids is 1. The fraction of sp³-hybridized carbons (Fsp3) is 0.400. The Bertz CT molecular complexity index is 1010. The average molecular weight is 470 g/mol. The number of thioether (sulfide) groups is 2. The van der Waals surface area contributed by atoms with Crippen LogP contribution in [0.2, 0.25) is 0 Å². The van der Waals surface area contributed by atoms with Crippen molar-refractivity contribution < 1.29 is 24.7 Å². The number of hydrogen-bond donors (Lipinski definition) is 4. The van der Waals surface area contributed by atoms with Crippen LogP contribution in [0.25, 0.3) is 0 Å². The van der Waals surface area contributed by atoms with Crippen molar-refractivity contribution in [2.75, 3.05) is 11.5 Å². The number of hydrogen-bond acceptors (Lipinski definition) is 12. The highest BCUT2D eigenvalue weighted by molar-refractivity contribution is 8.14. The number of amides is 2. The highest BCUT2D eigenvalue weighted by Crippen LogP contribution is 2.43. The molecule has 4 heterocycles. The number of rotatable bonds is 6. The number of aliphatic carboxylic acids is 1. The summed E-state index contributed by atoms with van der Waals surface area (Å²) in [5.74, 6) is -2.02. The first-order valence-corrected chi connectivity index (χ1v) is 11.3. The fourth-order valence-corrected chi connectivity index (χ4v) is 5.96. The molecule has 1 aromatic rings. The molecule has 0 spiro atoms. The van der Waals surface area contributed by atoms with Crippen LogP contribution < -0.4 is 11.1 Å². The summed E-state index contributed by atoms with van der Waals surface area (Å²) in [7, 11) is 0. The van der Waals surface area contributed by atoms with Gasteiger partial charge in [0.1, 0.15) is 17.1 Å². The number of aliphatic imine (C=N–C) groups is 1. The van der Waals surface area contributed by atoms with Crippen LogP contribution in [0.15, 0.2) is 20.8 Å². The smallest absolute Gasteiger partial charge is 0.353 e. The van der Waals surface area contributed by atoms with Crippen LogP contribution in [-0.4, -0.2) is 76.8 Å². The van der Waals surface area contributed by atoms with E-state index in [9.17, 15) is 19.5 Å². The normalized spacial score (nSPS) is 25.9. The van der Waals surface area contributed by atoms with Crippen molar-refractivity contribution in [2.24, 2.45) is 10.1 Å². The number of nitrogens with two attached hydrogens (primary N) is 1. The Labute approximate surface area is 181 Å². The van der Waals surface area contributed by atoms with E-state index in [4.69, 9.17) is 10.9 Å². The van der Waals surface area contributed by atoms with E-state index in [1.54, 1.807) is 17.3 Å². The number of nitrogens with one attached hydrogen (secondary N) is 1. The zero-order valence-corrected chi connectivity index (χ0v) is 17.5. The van der Waals surface area contributed by atoms with Gasteiger partial charge in [-0.3, -0.25) is 19.5 Å². The number of oxime groups is 1. The molecule has 0 bridgehead atoms. The van der Waals surface area contributed by atoms with E-state index >= 15 is 0 Å². The topological polar surface area (TPSA) is 183 Å². The van der Waals surface area contributed by atoms with Crippen molar-refractivity contribution in [1.82, 2.24) is 19.6 Å². The molecule has 0 saturated carbocycles. The Hall–Kier alpha value is -2.65. The summed E-state index contributed by atoms with van der Waals surface area (Å²) < 4.78 is 3.81. The molecule has 4 rings (SSSR count). The third kappa shape index (κ3) is 3.63. The van der Waals surface area contributed by atoms with E-state index < -0.39 is 35.6 Å². The van der Waals surface area contributed by atoms with Gasteiger partial charge in [-0.25, -0.2) is 4.79 Å². The molecule has 3 aliphatic rings. The number of β-lactam (4-membered cyclic amide) rings is 1. The quantitative estimate of drug-likeness (QED) is 0.190. The van der Waals surface area contributed by atoms with Crippen LogP contribution in [0.5, 0.6) is 0 Å². The molecule has 0 radical (unpaired) electrons. The maximum absolute atomic E-state index is 12.7. The van der Waals surface area contributed by atoms with Gasteiger partial charge in [-0.1, -0.05) is 5.16 Å². The van der Waals surface area contributed by atoms with Crippen LogP contribution in [0.4, 0.5) is 5.13 Å². The molecule has 0 aromatic carbocycles. The lowest BCUT2D eigenvalue weighted by atomic mass is 9.86. The standard InChI is InChI=1S/C15H15N7O5S3/c16-15-19-11(21-30-15)9(20-27)12(23)18-8-5-1-2-6(29-7-3-28-4-17-7)10(14(25)26)22(5)13(8)24/h4-5,7-8,27H,1-3H2,(H,18,23)(H,25,26)(H2,16,19,21)/b20-9-. The van der Waals surface area contributed by atoms with Gasteiger partial charge in [0.25, 0.3) is 11.8 Å². The lowest BCUT2D eigenvalue weighted by molar-refractivity contribution is -0.155. The highest BCUT2D eigenvalue weighted by atomic mass is 32.2. The molecule has 158 valence electrons. The summed E-state index contributed by atoms with van der Waals surface area (Å²) >= 11 is 3.72. The molecule has 1 saturated heterocycles. The number of carbonyl (C=O) groups is 3. The Morgan fingerprint density at radius 3 is 2.83 bits per heavy atom. The molecule has 2 amide bonds. The first kappa shape index (κ1) is 20.6. The molecular formula is C15H15N7O5S3. The predicted molar refractivity (Wildman–Crippen MR) is 111 cm³/mol. The van der Waals surface area contributed by atoms with E-state index in [0.717, 1.165) is 17.3 Å². The summed E-state index contributed by atoms with van der Waals surface area (Å²) in [6.07, 6.45) is 0.932. The fourth-order valence-electron chi connectivity index (χ4n) is 3.38. The summed E-state index contributed by atoms with van der Waals surface area (Å²) in [6.45, 7) is 0. The van der Waals surface area contributed by atoms with Crippen molar-refractivity contribution in [1.29, 1.82) is 0 Å². The summed E-state index contributed by atoms with van der Waals surface area (Å²) in [5, 5.41) is 24.3. The lowest BCUT2D eigenvalue weighted by Crippen LogP contribution is -2.72. The number of anilines is 1. The van der Waals surface area contributed by atoms with Crippen molar-refractivity contribution >= 4 is 69.2 Å². The predicted octanol–water partition coefficient (Wildman–Crippen LogP) is -0.0814. The molecule has 12 nitrogen and oxygen atoms in total. The number of carboxylic acid groups (broad SMARTS) is 1. The zero-order valence-electron chi connectivity index (χ0n) is 15.1. The largest absolute Gasteiger partial charge is 0.477 e. The first-order valence-electron chi connectivity index (χ1n) is 8.62. The number of allylic oxidation sites excluding steroid dienone is 1. The van der Waals surface area contributed by atoms with Gasteiger partial charge in [0.2, 0.25) is 11.5 Å². The minimum Gasteiger partial charge on any atom is -0.477 e. The van der Waals surface area contributed by atoms with Crippen molar-refractivity contribution in [3.05, 3.63) is 16.4 Å². The summed E-state index contributed by atoms with van der Waals surface area (Å²) in [6, 6.07) is -1.45. The third-order valence-electron chi connectivity index (χ3n) is 4.67. The Morgan fingerprint density at radius 2 is 2.23 bits per heavy atom. The molecule has 15 heteroatoms. The molecule has 3 aliphatic heterocycles. The van der Waals surface area contributed by atoms with E-state index in [1.165, 1.54) is 16.7 Å². The monoisotopic (exact) mass is 469 g/mol. The Morgan fingerprint density at radius 1 is 1.43 bits per heavy atom. The second-order valence-electron chi connectivity index (χ2n) is 6.41. The van der Waals surface area contributed by atoms with Crippen LogP contribution in [0.1, 0.15) is 18.7 Å². The Kier molecular flexibility index (Phi) is 5.66. The van der Waals surface area contributed by atoms with Gasteiger partial charge in [-0.15, -0.1) is 23.5 Å². The molecular weight excluding hydrogens is 454 g/mol. The van der Waals surface area contributed by atoms with Crippen molar-refractivity contribution in [3.63, 3.8) is 0 Å². The number of aromatic nitrogens is 2. The minimum atomic E-state index is -1.20. The van der Waals surface area contributed by atoms with Crippen molar-refractivity contribution in [3.8, 4) is 0 Å². The Balaban J connectivity index is 1.50.